The van der Waals surface area contributed by atoms with Gasteiger partial charge in [-0.25, -0.2) is 0 Å². The molecule has 1 amide bonds. The van der Waals surface area contributed by atoms with Crippen LogP contribution in [0.15, 0.2) is 30.3 Å². The predicted molar refractivity (Wildman–Crippen MR) is 84.1 cm³/mol. The van der Waals surface area contributed by atoms with Gasteiger partial charge in [0.1, 0.15) is 13.2 Å². The molecule has 1 aliphatic heterocycles. The van der Waals surface area contributed by atoms with E-state index >= 15 is 0 Å². The standard InChI is InChI=1S/C17H18N2O4/c1-11-4-3-5-13(19-11)10-18-17(20)12-8-14(21-2)16-15(9-12)22-6-7-23-16/h3-5,8-9H,6-7,10H2,1-2H3,(H,18,20). The minimum Gasteiger partial charge on any atom is -0.493 e. The zero-order chi connectivity index (χ0) is 16.2. The molecule has 0 saturated carbocycles. The third kappa shape index (κ3) is 3.36. The molecule has 6 nitrogen and oxygen atoms in total. The maximum absolute atomic E-state index is 12.4. The molecule has 1 aromatic carbocycles. The molecule has 1 N–H and O–H groups in total. The van der Waals surface area contributed by atoms with Crippen LogP contribution in [0.4, 0.5) is 0 Å². The van der Waals surface area contributed by atoms with Crippen molar-refractivity contribution < 1.29 is 19.0 Å². The second-order valence-electron chi connectivity index (χ2n) is 5.16. The Kier molecular flexibility index (Phi) is 4.32. The number of aryl methyl sites for hydroxylation is 1. The number of hydrogen-bond acceptors (Lipinski definition) is 5. The lowest BCUT2D eigenvalue weighted by molar-refractivity contribution is 0.0948. The Balaban J connectivity index is 1.77. The van der Waals surface area contributed by atoms with Gasteiger partial charge in [-0.15, -0.1) is 0 Å². The van der Waals surface area contributed by atoms with E-state index in [2.05, 4.69) is 10.3 Å². The number of pyridine rings is 1. The van der Waals surface area contributed by atoms with Crippen molar-refractivity contribution in [1.29, 1.82) is 0 Å². The number of methoxy groups -OCH3 is 1. The molecule has 2 aromatic rings. The van der Waals surface area contributed by atoms with Crippen LogP contribution < -0.4 is 19.5 Å². The van der Waals surface area contributed by atoms with Crippen molar-refractivity contribution in [3.63, 3.8) is 0 Å². The smallest absolute Gasteiger partial charge is 0.251 e. The van der Waals surface area contributed by atoms with Crippen molar-refractivity contribution in [3.8, 4) is 17.2 Å². The minimum atomic E-state index is -0.219. The minimum absolute atomic E-state index is 0.219. The van der Waals surface area contributed by atoms with Gasteiger partial charge in [0.25, 0.3) is 5.91 Å². The van der Waals surface area contributed by atoms with E-state index in [4.69, 9.17) is 14.2 Å². The van der Waals surface area contributed by atoms with Crippen LogP contribution in [0.25, 0.3) is 0 Å². The van der Waals surface area contributed by atoms with Crippen LogP contribution >= 0.6 is 0 Å². The van der Waals surface area contributed by atoms with Gasteiger partial charge in [-0.3, -0.25) is 9.78 Å². The lowest BCUT2D eigenvalue weighted by Gasteiger charge is -2.21. The van der Waals surface area contributed by atoms with Gasteiger partial charge in [0.05, 0.1) is 19.3 Å². The van der Waals surface area contributed by atoms with E-state index in [0.29, 0.717) is 42.6 Å². The number of amides is 1. The first-order valence-corrected chi connectivity index (χ1v) is 7.36. The van der Waals surface area contributed by atoms with Gasteiger partial charge in [0.15, 0.2) is 11.5 Å². The highest BCUT2D eigenvalue weighted by Crippen LogP contribution is 2.40. The molecule has 0 atom stereocenters. The van der Waals surface area contributed by atoms with Crippen molar-refractivity contribution in [3.05, 3.63) is 47.3 Å². The summed E-state index contributed by atoms with van der Waals surface area (Å²) in [5.41, 5.74) is 2.18. The fourth-order valence-electron chi connectivity index (χ4n) is 2.38. The van der Waals surface area contributed by atoms with Crippen molar-refractivity contribution in [2.75, 3.05) is 20.3 Å². The number of carbonyl (C=O) groups excluding carboxylic acids is 1. The van der Waals surface area contributed by atoms with Gasteiger partial charge < -0.3 is 19.5 Å². The first-order valence-electron chi connectivity index (χ1n) is 7.36. The Hall–Kier alpha value is -2.76. The second-order valence-corrected chi connectivity index (χ2v) is 5.16. The molecular formula is C17H18N2O4. The summed E-state index contributed by atoms with van der Waals surface area (Å²) in [6.45, 7) is 3.19. The maximum Gasteiger partial charge on any atom is 0.251 e. The van der Waals surface area contributed by atoms with Gasteiger partial charge in [-0.1, -0.05) is 6.07 Å². The first kappa shape index (κ1) is 15.1. The zero-order valence-electron chi connectivity index (χ0n) is 13.1. The SMILES string of the molecule is COc1cc(C(=O)NCc2cccc(C)n2)cc2c1OCCO2. The Bertz CT molecular complexity index is 713. The summed E-state index contributed by atoms with van der Waals surface area (Å²) in [4.78, 5) is 16.7. The molecule has 0 saturated heterocycles. The molecule has 3 rings (SSSR count). The number of nitrogens with zero attached hydrogens (tertiary/aromatic N) is 1. The number of carbonyl (C=O) groups is 1. The Morgan fingerprint density at radius 2 is 2.13 bits per heavy atom. The summed E-state index contributed by atoms with van der Waals surface area (Å²) in [7, 11) is 1.53. The van der Waals surface area contributed by atoms with Crippen LogP contribution in [0.2, 0.25) is 0 Å². The Morgan fingerprint density at radius 1 is 1.30 bits per heavy atom. The third-order valence-corrected chi connectivity index (χ3v) is 3.47. The van der Waals surface area contributed by atoms with E-state index in [9.17, 15) is 4.79 Å². The van der Waals surface area contributed by atoms with Gasteiger partial charge in [-0.2, -0.15) is 0 Å². The van der Waals surface area contributed by atoms with E-state index in [1.165, 1.54) is 7.11 Å². The topological polar surface area (TPSA) is 69.7 Å². The highest BCUT2D eigenvalue weighted by molar-refractivity contribution is 5.95. The van der Waals surface area contributed by atoms with Gasteiger partial charge >= 0.3 is 0 Å². The third-order valence-electron chi connectivity index (χ3n) is 3.47. The molecule has 2 heterocycles. The second kappa shape index (κ2) is 6.56. The summed E-state index contributed by atoms with van der Waals surface area (Å²) in [6, 6.07) is 9.01. The average Bonchev–Trinajstić information content (AvgIpc) is 2.58. The van der Waals surface area contributed by atoms with Crippen LogP contribution in [0, 0.1) is 6.92 Å². The normalized spacial score (nSPS) is 12.6. The molecule has 0 bridgehead atoms. The summed E-state index contributed by atoms with van der Waals surface area (Å²) in [5, 5.41) is 2.85. The molecular weight excluding hydrogens is 296 g/mol. The number of hydrogen-bond donors (Lipinski definition) is 1. The lowest BCUT2D eigenvalue weighted by atomic mass is 10.1. The van der Waals surface area contributed by atoms with Gasteiger partial charge in [0.2, 0.25) is 5.75 Å². The van der Waals surface area contributed by atoms with Crippen LogP contribution in [0.5, 0.6) is 17.2 Å². The molecule has 0 aliphatic carbocycles. The number of rotatable bonds is 4. The Morgan fingerprint density at radius 3 is 2.91 bits per heavy atom. The number of aromatic nitrogens is 1. The fraction of sp³-hybridized carbons (Fsp3) is 0.294. The van der Waals surface area contributed by atoms with E-state index in [0.717, 1.165) is 11.4 Å². The van der Waals surface area contributed by atoms with E-state index in [-0.39, 0.29) is 5.91 Å². The molecule has 0 fully saturated rings. The number of benzene rings is 1. The summed E-state index contributed by atoms with van der Waals surface area (Å²) < 4.78 is 16.4. The van der Waals surface area contributed by atoms with Crippen LogP contribution in [-0.4, -0.2) is 31.2 Å². The van der Waals surface area contributed by atoms with Gasteiger partial charge in [0, 0.05) is 11.3 Å². The van der Waals surface area contributed by atoms with Crippen LogP contribution in [0.3, 0.4) is 0 Å². The molecule has 0 spiro atoms. The number of fused-ring (bicyclic) bond motifs is 1. The number of ether oxygens (including phenoxy) is 3. The van der Waals surface area contributed by atoms with Crippen LogP contribution in [0.1, 0.15) is 21.7 Å². The number of nitrogens with one attached hydrogen (secondary N) is 1. The summed E-state index contributed by atoms with van der Waals surface area (Å²) in [6.07, 6.45) is 0. The average molecular weight is 314 g/mol. The largest absolute Gasteiger partial charge is 0.493 e. The van der Waals surface area contributed by atoms with Crippen molar-refractivity contribution >= 4 is 5.91 Å². The van der Waals surface area contributed by atoms with E-state index < -0.39 is 0 Å². The summed E-state index contributed by atoms with van der Waals surface area (Å²) >= 11 is 0. The van der Waals surface area contributed by atoms with Crippen molar-refractivity contribution in [2.45, 2.75) is 13.5 Å². The lowest BCUT2D eigenvalue weighted by Crippen LogP contribution is -2.24. The molecule has 0 unspecified atom stereocenters. The molecule has 120 valence electrons. The van der Waals surface area contributed by atoms with E-state index in [1.807, 2.05) is 25.1 Å². The summed E-state index contributed by atoms with van der Waals surface area (Å²) in [5.74, 6) is 1.33. The first-order chi connectivity index (χ1) is 11.2. The quantitative estimate of drug-likeness (QED) is 0.936. The maximum atomic E-state index is 12.4. The fourth-order valence-corrected chi connectivity index (χ4v) is 2.38. The van der Waals surface area contributed by atoms with E-state index in [1.54, 1.807) is 12.1 Å². The van der Waals surface area contributed by atoms with Crippen molar-refractivity contribution in [1.82, 2.24) is 10.3 Å². The monoisotopic (exact) mass is 314 g/mol. The predicted octanol–water partition coefficient (Wildman–Crippen LogP) is 2.10. The van der Waals surface area contributed by atoms with Gasteiger partial charge in [-0.05, 0) is 31.2 Å². The molecule has 1 aromatic heterocycles. The molecule has 0 radical (unpaired) electrons. The molecule has 6 heteroatoms. The Labute approximate surface area is 134 Å². The van der Waals surface area contributed by atoms with Crippen molar-refractivity contribution in [2.24, 2.45) is 0 Å². The molecule has 1 aliphatic rings. The highest BCUT2D eigenvalue weighted by Gasteiger charge is 2.20. The highest BCUT2D eigenvalue weighted by atomic mass is 16.6. The zero-order valence-corrected chi connectivity index (χ0v) is 13.1. The molecule has 23 heavy (non-hydrogen) atoms. The van der Waals surface area contributed by atoms with Crippen LogP contribution in [-0.2, 0) is 6.54 Å².